The number of hydrogen-bond acceptors (Lipinski definition) is 3. The van der Waals surface area contributed by atoms with Crippen LogP contribution in [0.5, 0.6) is 0 Å². The molecule has 25 heavy (non-hydrogen) atoms. The molecule has 0 spiro atoms. The van der Waals surface area contributed by atoms with Crippen LogP contribution in [-0.2, 0) is 15.8 Å². The molecule has 2 fully saturated rings. The molecule has 0 radical (unpaired) electrons. The number of rotatable bonds is 6. The second-order valence-corrected chi connectivity index (χ2v) is 10.1. The molecule has 0 amide bonds. The molecule has 4 nitrogen and oxygen atoms in total. The highest BCUT2D eigenvalue weighted by Gasteiger charge is 2.36. The molecule has 2 heterocycles. The van der Waals surface area contributed by atoms with Gasteiger partial charge in [-0.15, -0.1) is 0 Å². The zero-order chi connectivity index (χ0) is 17.9. The Morgan fingerprint density at radius 3 is 2.28 bits per heavy atom. The van der Waals surface area contributed by atoms with Crippen LogP contribution in [0.15, 0.2) is 30.3 Å². The Morgan fingerprint density at radius 1 is 1.00 bits per heavy atom. The lowest BCUT2D eigenvalue weighted by molar-refractivity contribution is 0.139. The van der Waals surface area contributed by atoms with Gasteiger partial charge in [0.1, 0.15) is 0 Å². The van der Waals surface area contributed by atoms with Crippen LogP contribution in [-0.4, -0.2) is 50.3 Å². The maximum atomic E-state index is 12.7. The largest absolute Gasteiger partial charge is 0.303 e. The summed E-state index contributed by atoms with van der Waals surface area (Å²) in [5.74, 6) is 2.10. The van der Waals surface area contributed by atoms with Gasteiger partial charge < -0.3 is 4.90 Å². The van der Waals surface area contributed by atoms with Gasteiger partial charge in [0.2, 0.25) is 10.0 Å². The number of benzene rings is 1. The van der Waals surface area contributed by atoms with Crippen molar-refractivity contribution in [1.82, 2.24) is 9.21 Å². The summed E-state index contributed by atoms with van der Waals surface area (Å²) in [6.45, 7) is 9.52. The molecule has 1 atom stereocenters. The summed E-state index contributed by atoms with van der Waals surface area (Å²) in [7, 11) is -3.19. The minimum absolute atomic E-state index is 0.132. The molecule has 3 rings (SSSR count). The van der Waals surface area contributed by atoms with Crippen LogP contribution in [0.3, 0.4) is 0 Å². The Bertz CT molecular complexity index is 637. The van der Waals surface area contributed by atoms with Crippen LogP contribution in [0.2, 0.25) is 0 Å². The summed E-state index contributed by atoms with van der Waals surface area (Å²) in [6.07, 6.45) is 3.48. The number of piperidine rings is 1. The first-order chi connectivity index (χ1) is 11.9. The van der Waals surface area contributed by atoms with E-state index in [1.807, 2.05) is 30.3 Å². The van der Waals surface area contributed by atoms with Gasteiger partial charge in [0, 0.05) is 19.6 Å². The van der Waals surface area contributed by atoms with E-state index >= 15 is 0 Å². The van der Waals surface area contributed by atoms with E-state index in [1.165, 1.54) is 32.5 Å². The van der Waals surface area contributed by atoms with Crippen molar-refractivity contribution < 1.29 is 8.42 Å². The lowest BCUT2D eigenvalue weighted by Gasteiger charge is -2.35. The van der Waals surface area contributed by atoms with E-state index in [0.29, 0.717) is 18.4 Å². The zero-order valence-corrected chi connectivity index (χ0v) is 16.4. The highest BCUT2D eigenvalue weighted by molar-refractivity contribution is 7.88. The predicted octanol–water partition coefficient (Wildman–Crippen LogP) is 3.21. The predicted molar refractivity (Wildman–Crippen MR) is 103 cm³/mol. The summed E-state index contributed by atoms with van der Waals surface area (Å²) in [4.78, 5) is 2.57. The van der Waals surface area contributed by atoms with E-state index in [-0.39, 0.29) is 5.75 Å². The first-order valence-electron chi connectivity index (χ1n) is 9.68. The standard InChI is InChI=1S/C20H32N2O2S/c1-17(2)14-21-11-8-19(9-12-21)20-10-13-22(15-20)25(23,24)16-18-6-4-3-5-7-18/h3-7,17,19-20H,8-16H2,1-2H3. The van der Waals surface area contributed by atoms with Crippen molar-refractivity contribution in [3.05, 3.63) is 35.9 Å². The molecular formula is C20H32N2O2S. The first-order valence-corrected chi connectivity index (χ1v) is 11.3. The average molecular weight is 365 g/mol. The molecule has 0 aromatic heterocycles. The summed E-state index contributed by atoms with van der Waals surface area (Å²) in [5.41, 5.74) is 0.882. The number of nitrogens with zero attached hydrogens (tertiary/aromatic N) is 2. The molecule has 0 bridgehead atoms. The van der Waals surface area contributed by atoms with Crippen LogP contribution in [0.25, 0.3) is 0 Å². The van der Waals surface area contributed by atoms with Gasteiger partial charge in [-0.1, -0.05) is 44.2 Å². The summed E-state index contributed by atoms with van der Waals surface area (Å²) < 4.78 is 27.2. The zero-order valence-electron chi connectivity index (χ0n) is 15.6. The van der Waals surface area contributed by atoms with Gasteiger partial charge in [0.15, 0.2) is 0 Å². The molecule has 5 heteroatoms. The first kappa shape index (κ1) is 18.9. The molecule has 2 saturated heterocycles. The van der Waals surface area contributed by atoms with Crippen molar-refractivity contribution in [1.29, 1.82) is 0 Å². The summed E-state index contributed by atoms with van der Waals surface area (Å²) >= 11 is 0. The monoisotopic (exact) mass is 364 g/mol. The Balaban J connectivity index is 1.52. The third-order valence-corrected chi connectivity index (χ3v) is 7.51. The Hall–Kier alpha value is -0.910. The fourth-order valence-electron chi connectivity index (χ4n) is 4.39. The summed E-state index contributed by atoms with van der Waals surface area (Å²) in [5, 5.41) is 0. The topological polar surface area (TPSA) is 40.6 Å². The molecular weight excluding hydrogens is 332 g/mol. The lowest BCUT2D eigenvalue weighted by Crippen LogP contribution is -2.39. The molecule has 0 aliphatic carbocycles. The minimum atomic E-state index is -3.19. The molecule has 0 saturated carbocycles. The minimum Gasteiger partial charge on any atom is -0.303 e. The molecule has 2 aliphatic heterocycles. The van der Waals surface area contributed by atoms with E-state index in [1.54, 1.807) is 4.31 Å². The van der Waals surface area contributed by atoms with Crippen molar-refractivity contribution in [3.63, 3.8) is 0 Å². The van der Waals surface area contributed by atoms with E-state index in [4.69, 9.17) is 0 Å². The van der Waals surface area contributed by atoms with Crippen LogP contribution in [0.1, 0.15) is 38.7 Å². The number of sulfonamides is 1. The van der Waals surface area contributed by atoms with Gasteiger partial charge >= 0.3 is 0 Å². The molecule has 1 unspecified atom stereocenters. The molecule has 1 aromatic carbocycles. The SMILES string of the molecule is CC(C)CN1CCC(C2CCN(S(=O)(=O)Cc3ccccc3)C2)CC1. The van der Waals surface area contributed by atoms with Crippen LogP contribution in [0.4, 0.5) is 0 Å². The average Bonchev–Trinajstić information content (AvgIpc) is 3.06. The Morgan fingerprint density at radius 2 is 1.64 bits per heavy atom. The van der Waals surface area contributed by atoms with Crippen molar-refractivity contribution in [2.45, 2.75) is 38.9 Å². The van der Waals surface area contributed by atoms with Crippen molar-refractivity contribution in [2.24, 2.45) is 17.8 Å². The van der Waals surface area contributed by atoms with E-state index in [2.05, 4.69) is 18.7 Å². The van der Waals surface area contributed by atoms with Crippen molar-refractivity contribution >= 4 is 10.0 Å². The Labute approximate surface area is 153 Å². The normalized spacial score (nSPS) is 24.2. The molecule has 2 aliphatic rings. The Kier molecular flexibility index (Phi) is 6.18. The van der Waals surface area contributed by atoms with E-state index < -0.39 is 10.0 Å². The third-order valence-electron chi connectivity index (χ3n) is 5.69. The quantitative estimate of drug-likeness (QED) is 0.778. The highest BCUT2D eigenvalue weighted by Crippen LogP contribution is 2.33. The molecule has 1 aromatic rings. The molecule has 140 valence electrons. The third kappa shape index (κ3) is 5.05. The van der Waals surface area contributed by atoms with Crippen LogP contribution >= 0.6 is 0 Å². The van der Waals surface area contributed by atoms with Crippen LogP contribution in [0, 0.1) is 17.8 Å². The fourth-order valence-corrected chi connectivity index (χ4v) is 5.99. The maximum absolute atomic E-state index is 12.7. The number of likely N-dealkylation sites (tertiary alicyclic amines) is 1. The lowest BCUT2D eigenvalue weighted by atomic mass is 9.83. The van der Waals surface area contributed by atoms with Gasteiger partial charge in [-0.3, -0.25) is 0 Å². The highest BCUT2D eigenvalue weighted by atomic mass is 32.2. The van der Waals surface area contributed by atoms with Gasteiger partial charge in [-0.05, 0) is 55.7 Å². The van der Waals surface area contributed by atoms with Gasteiger partial charge in [-0.2, -0.15) is 0 Å². The molecule has 0 N–H and O–H groups in total. The fraction of sp³-hybridized carbons (Fsp3) is 0.700. The summed E-state index contributed by atoms with van der Waals surface area (Å²) in [6, 6.07) is 9.53. The number of hydrogen-bond donors (Lipinski definition) is 0. The second-order valence-electron chi connectivity index (χ2n) is 8.18. The van der Waals surface area contributed by atoms with Crippen molar-refractivity contribution in [2.75, 3.05) is 32.7 Å². The van der Waals surface area contributed by atoms with Crippen molar-refractivity contribution in [3.8, 4) is 0 Å². The smallest absolute Gasteiger partial charge is 0.218 e. The van der Waals surface area contributed by atoms with E-state index in [9.17, 15) is 8.42 Å². The van der Waals surface area contributed by atoms with Gasteiger partial charge in [-0.25, -0.2) is 12.7 Å². The maximum Gasteiger partial charge on any atom is 0.218 e. The second kappa shape index (κ2) is 8.19. The van der Waals surface area contributed by atoms with Gasteiger partial charge in [0.25, 0.3) is 0 Å². The van der Waals surface area contributed by atoms with Gasteiger partial charge in [0.05, 0.1) is 5.75 Å². The van der Waals surface area contributed by atoms with E-state index in [0.717, 1.165) is 24.4 Å². The van der Waals surface area contributed by atoms with Crippen LogP contribution < -0.4 is 0 Å².